The summed E-state index contributed by atoms with van der Waals surface area (Å²) in [6.07, 6.45) is 5.66. The number of carboxylic acid groups (broad SMARTS) is 1. The first-order valence-corrected chi connectivity index (χ1v) is 10.6. The molecule has 7 heteroatoms. The Bertz CT molecular complexity index is 566. The normalized spacial score (nSPS) is 27.1. The Morgan fingerprint density at radius 1 is 1.04 bits per heavy atom. The number of carbonyl (C=O) groups is 2. The van der Waals surface area contributed by atoms with Gasteiger partial charge < -0.3 is 10.4 Å². The number of carboxylic acids is 1. The number of amides is 1. The van der Waals surface area contributed by atoms with Crippen molar-refractivity contribution in [3.05, 3.63) is 0 Å². The van der Waals surface area contributed by atoms with Crippen LogP contribution in [0.5, 0.6) is 0 Å². The molecule has 0 aliphatic heterocycles. The molecule has 24 heavy (non-hydrogen) atoms. The lowest BCUT2D eigenvalue weighted by Crippen LogP contribution is -2.49. The fraction of sp³-hybridized carbons (Fsp3) is 0.882. The highest BCUT2D eigenvalue weighted by Gasteiger charge is 2.42. The van der Waals surface area contributed by atoms with Gasteiger partial charge in [-0.25, -0.2) is 8.42 Å². The quantitative estimate of drug-likeness (QED) is 0.756. The van der Waals surface area contributed by atoms with Crippen molar-refractivity contribution in [3.63, 3.8) is 0 Å². The zero-order chi connectivity index (χ0) is 17.9. The van der Waals surface area contributed by atoms with Crippen LogP contribution in [-0.4, -0.2) is 41.9 Å². The van der Waals surface area contributed by atoms with Gasteiger partial charge in [-0.3, -0.25) is 9.59 Å². The second-order valence-corrected chi connectivity index (χ2v) is 9.92. The monoisotopic (exact) mass is 359 g/mol. The lowest BCUT2D eigenvalue weighted by molar-refractivity contribution is -0.141. The third-order valence-corrected chi connectivity index (χ3v) is 8.23. The van der Waals surface area contributed by atoms with Crippen LogP contribution in [0.4, 0.5) is 0 Å². The molecule has 0 saturated heterocycles. The molecular formula is C17H29NO5S. The van der Waals surface area contributed by atoms with E-state index in [2.05, 4.69) is 5.32 Å². The fourth-order valence-corrected chi connectivity index (χ4v) is 6.58. The van der Waals surface area contributed by atoms with E-state index in [4.69, 9.17) is 5.11 Å². The average Bonchev–Trinajstić information content (AvgIpc) is 2.96. The number of nitrogens with one attached hydrogen (secondary N) is 1. The summed E-state index contributed by atoms with van der Waals surface area (Å²) < 4.78 is 25.9. The summed E-state index contributed by atoms with van der Waals surface area (Å²) in [4.78, 5) is 23.7. The van der Waals surface area contributed by atoms with Crippen LogP contribution in [0, 0.1) is 11.8 Å². The van der Waals surface area contributed by atoms with Gasteiger partial charge in [-0.05, 0) is 38.0 Å². The summed E-state index contributed by atoms with van der Waals surface area (Å²) in [5.41, 5.74) is 0. The number of aliphatic carboxylic acids is 1. The summed E-state index contributed by atoms with van der Waals surface area (Å²) in [5.74, 6) is -2.04. The van der Waals surface area contributed by atoms with Gasteiger partial charge in [0.1, 0.15) is 5.25 Å². The molecule has 2 rings (SSSR count). The summed E-state index contributed by atoms with van der Waals surface area (Å²) in [7, 11) is -3.52. The van der Waals surface area contributed by atoms with Crippen LogP contribution in [0.25, 0.3) is 0 Å². The van der Waals surface area contributed by atoms with E-state index in [1.807, 2.05) is 0 Å². The van der Waals surface area contributed by atoms with Gasteiger partial charge in [0.25, 0.3) is 0 Å². The molecule has 2 saturated carbocycles. The molecule has 138 valence electrons. The van der Waals surface area contributed by atoms with E-state index in [0.717, 1.165) is 19.3 Å². The molecule has 0 aromatic carbocycles. The Labute approximate surface area is 144 Å². The lowest BCUT2D eigenvalue weighted by Gasteiger charge is -2.29. The molecule has 1 amide bonds. The highest BCUT2D eigenvalue weighted by molar-refractivity contribution is 7.93. The van der Waals surface area contributed by atoms with Crippen LogP contribution in [0.15, 0.2) is 0 Å². The molecule has 2 N–H and O–H groups in total. The van der Waals surface area contributed by atoms with E-state index in [-0.39, 0.29) is 12.0 Å². The zero-order valence-electron chi connectivity index (χ0n) is 14.5. The Balaban J connectivity index is 2.06. The van der Waals surface area contributed by atoms with Crippen LogP contribution >= 0.6 is 0 Å². The lowest BCUT2D eigenvalue weighted by atomic mass is 10.0. The van der Waals surface area contributed by atoms with Gasteiger partial charge in [0.05, 0.1) is 11.2 Å². The van der Waals surface area contributed by atoms with Crippen molar-refractivity contribution < 1.29 is 23.1 Å². The van der Waals surface area contributed by atoms with E-state index >= 15 is 0 Å². The predicted molar refractivity (Wildman–Crippen MR) is 91.3 cm³/mol. The van der Waals surface area contributed by atoms with Gasteiger partial charge in [-0.1, -0.05) is 33.1 Å². The first-order chi connectivity index (χ1) is 11.2. The third kappa shape index (κ3) is 4.29. The Hall–Kier alpha value is -1.11. The first-order valence-electron chi connectivity index (χ1n) is 8.99. The first kappa shape index (κ1) is 19.2. The molecule has 3 atom stereocenters. The third-order valence-electron chi connectivity index (χ3n) is 5.36. The largest absolute Gasteiger partial charge is 0.481 e. The topological polar surface area (TPSA) is 101 Å². The van der Waals surface area contributed by atoms with Crippen LogP contribution in [0.1, 0.15) is 65.2 Å². The van der Waals surface area contributed by atoms with Crippen molar-refractivity contribution in [1.82, 2.24) is 5.32 Å². The van der Waals surface area contributed by atoms with Crippen LogP contribution in [-0.2, 0) is 19.4 Å². The van der Waals surface area contributed by atoms with Crippen LogP contribution < -0.4 is 5.32 Å². The molecule has 2 aliphatic carbocycles. The van der Waals surface area contributed by atoms with E-state index < -0.39 is 38.1 Å². The fourth-order valence-electron chi connectivity index (χ4n) is 4.05. The van der Waals surface area contributed by atoms with Gasteiger partial charge in [0.2, 0.25) is 5.91 Å². The smallest absolute Gasteiger partial charge is 0.306 e. The van der Waals surface area contributed by atoms with E-state index in [0.29, 0.717) is 32.1 Å². The van der Waals surface area contributed by atoms with E-state index in [1.165, 1.54) is 0 Å². The maximum atomic E-state index is 13.0. The van der Waals surface area contributed by atoms with Crippen molar-refractivity contribution in [2.75, 3.05) is 0 Å². The minimum absolute atomic E-state index is 0.235. The SMILES string of the molecule is CC(C)C(C(=O)N[C@H]1CC[C@@H](C(=O)O)C1)S(=O)(=O)C1CCCCC1. The standard InChI is InChI=1S/C17H29NO5S/c1-11(2)15(24(22,23)14-6-4-3-5-7-14)16(19)18-13-9-8-12(10-13)17(20)21/h11-15H,3-10H2,1-2H3,(H,18,19)(H,20,21)/t12-,13+,15?/m1/s1. The predicted octanol–water partition coefficient (Wildman–Crippen LogP) is 2.13. The van der Waals surface area contributed by atoms with Gasteiger partial charge in [0, 0.05) is 6.04 Å². The molecule has 0 spiro atoms. The molecular weight excluding hydrogens is 330 g/mol. The molecule has 0 radical (unpaired) electrons. The number of hydrogen-bond acceptors (Lipinski definition) is 4. The minimum atomic E-state index is -3.52. The second-order valence-electron chi connectivity index (χ2n) is 7.57. The molecule has 0 aromatic rings. The van der Waals surface area contributed by atoms with Crippen molar-refractivity contribution in [2.45, 2.75) is 81.8 Å². The molecule has 2 aliphatic rings. The highest BCUT2D eigenvalue weighted by Crippen LogP contribution is 2.30. The Kier molecular flexibility index (Phi) is 6.28. The summed E-state index contributed by atoms with van der Waals surface area (Å²) in [5, 5.41) is 10.4. The van der Waals surface area contributed by atoms with Gasteiger partial charge in [-0.2, -0.15) is 0 Å². The van der Waals surface area contributed by atoms with E-state index in [1.54, 1.807) is 13.8 Å². The van der Waals surface area contributed by atoms with Crippen molar-refractivity contribution in [3.8, 4) is 0 Å². The second kappa shape index (κ2) is 7.85. The highest BCUT2D eigenvalue weighted by atomic mass is 32.2. The van der Waals surface area contributed by atoms with E-state index in [9.17, 15) is 18.0 Å². The number of sulfone groups is 1. The molecule has 0 aromatic heterocycles. The van der Waals surface area contributed by atoms with Gasteiger partial charge in [-0.15, -0.1) is 0 Å². The maximum absolute atomic E-state index is 13.0. The molecule has 0 bridgehead atoms. The van der Waals surface area contributed by atoms with Crippen LogP contribution in [0.3, 0.4) is 0 Å². The summed E-state index contributed by atoms with van der Waals surface area (Å²) >= 11 is 0. The Morgan fingerprint density at radius 2 is 1.67 bits per heavy atom. The van der Waals surface area contributed by atoms with Crippen molar-refractivity contribution >= 4 is 21.7 Å². The van der Waals surface area contributed by atoms with Gasteiger partial charge in [0.15, 0.2) is 9.84 Å². The zero-order valence-corrected chi connectivity index (χ0v) is 15.3. The maximum Gasteiger partial charge on any atom is 0.306 e. The minimum Gasteiger partial charge on any atom is -0.481 e. The molecule has 6 nitrogen and oxygen atoms in total. The Morgan fingerprint density at radius 3 is 2.17 bits per heavy atom. The average molecular weight is 359 g/mol. The molecule has 2 fully saturated rings. The summed E-state index contributed by atoms with van der Waals surface area (Å²) in [6, 6.07) is -0.235. The number of rotatable bonds is 6. The van der Waals surface area contributed by atoms with Crippen LogP contribution in [0.2, 0.25) is 0 Å². The van der Waals surface area contributed by atoms with Crippen molar-refractivity contribution in [1.29, 1.82) is 0 Å². The number of carbonyl (C=O) groups excluding carboxylic acids is 1. The number of hydrogen-bond donors (Lipinski definition) is 2. The van der Waals surface area contributed by atoms with Crippen molar-refractivity contribution in [2.24, 2.45) is 11.8 Å². The van der Waals surface area contributed by atoms with Gasteiger partial charge >= 0.3 is 5.97 Å². The summed E-state index contributed by atoms with van der Waals surface area (Å²) in [6.45, 7) is 3.53. The molecule has 0 heterocycles. The molecule has 1 unspecified atom stereocenters.